The van der Waals surface area contributed by atoms with Crippen molar-refractivity contribution in [2.75, 3.05) is 13.1 Å². The number of piperidine rings is 1. The van der Waals surface area contributed by atoms with E-state index in [-0.39, 0.29) is 35.2 Å². The van der Waals surface area contributed by atoms with Gasteiger partial charge in [0.25, 0.3) is 0 Å². The number of likely N-dealkylation sites (tertiary alicyclic amines) is 1. The maximum absolute atomic E-state index is 14.1. The Morgan fingerprint density at radius 3 is 2.63 bits per heavy atom. The SMILES string of the molecule is O=C(O)c1cnn(C2CCN(C(=O)C3CC3c3c(F)cccc3Cl)CC2)c1. The Bertz CT molecular complexity index is 872. The molecule has 6 nitrogen and oxygen atoms in total. The standard InChI is InChI=1S/C19H19ClFN3O3/c20-15-2-1-3-16(21)17(15)13-8-14(13)18(25)23-6-4-12(5-7-23)24-10-11(9-22-24)19(26)27/h1-3,9-10,12-14H,4-8H2,(H,26,27). The van der Waals surface area contributed by atoms with Crippen molar-refractivity contribution in [2.24, 2.45) is 5.92 Å². The largest absolute Gasteiger partial charge is 0.478 e. The van der Waals surface area contributed by atoms with Gasteiger partial charge in [-0.1, -0.05) is 17.7 Å². The lowest BCUT2D eigenvalue weighted by atomic mass is 10.0. The van der Waals surface area contributed by atoms with Gasteiger partial charge in [-0.15, -0.1) is 0 Å². The van der Waals surface area contributed by atoms with E-state index in [0.29, 0.717) is 42.9 Å². The number of carbonyl (C=O) groups excluding carboxylic acids is 1. The molecule has 0 radical (unpaired) electrons. The van der Waals surface area contributed by atoms with Gasteiger partial charge < -0.3 is 10.0 Å². The second-order valence-electron chi connectivity index (χ2n) is 7.15. The van der Waals surface area contributed by atoms with Crippen LogP contribution in [0.2, 0.25) is 5.02 Å². The molecule has 2 aliphatic rings. The van der Waals surface area contributed by atoms with E-state index in [4.69, 9.17) is 16.7 Å². The molecule has 2 unspecified atom stereocenters. The fourth-order valence-corrected chi connectivity index (χ4v) is 4.19. The van der Waals surface area contributed by atoms with Crippen molar-refractivity contribution in [3.8, 4) is 0 Å². The van der Waals surface area contributed by atoms with E-state index in [0.717, 1.165) is 0 Å². The summed E-state index contributed by atoms with van der Waals surface area (Å²) in [5.74, 6) is -1.66. The van der Waals surface area contributed by atoms with Crippen LogP contribution in [0.15, 0.2) is 30.6 Å². The maximum Gasteiger partial charge on any atom is 0.338 e. The van der Waals surface area contributed by atoms with Gasteiger partial charge in [0.1, 0.15) is 5.82 Å². The summed E-state index contributed by atoms with van der Waals surface area (Å²) in [6, 6.07) is 4.68. The first-order chi connectivity index (χ1) is 13.0. The lowest BCUT2D eigenvalue weighted by Gasteiger charge is -2.32. The number of hydrogen-bond donors (Lipinski definition) is 1. The van der Waals surface area contributed by atoms with E-state index in [1.807, 2.05) is 4.90 Å². The fraction of sp³-hybridized carbons (Fsp3) is 0.421. The first-order valence-corrected chi connectivity index (χ1v) is 9.33. The highest BCUT2D eigenvalue weighted by Crippen LogP contribution is 2.51. The molecule has 1 aromatic carbocycles. The zero-order valence-electron chi connectivity index (χ0n) is 14.5. The number of nitrogens with zero attached hydrogens (tertiary/aromatic N) is 3. The normalized spacial score (nSPS) is 22.7. The van der Waals surface area contributed by atoms with Crippen LogP contribution in [0.4, 0.5) is 4.39 Å². The predicted octanol–water partition coefficient (Wildman–Crippen LogP) is 3.34. The van der Waals surface area contributed by atoms with Gasteiger partial charge in [-0.25, -0.2) is 9.18 Å². The zero-order valence-corrected chi connectivity index (χ0v) is 15.3. The molecular formula is C19H19ClFN3O3. The van der Waals surface area contributed by atoms with E-state index >= 15 is 0 Å². The Balaban J connectivity index is 1.36. The average Bonchev–Trinajstić information content (AvgIpc) is 3.26. The van der Waals surface area contributed by atoms with Gasteiger partial charge in [0.2, 0.25) is 5.91 Å². The summed E-state index contributed by atoms with van der Waals surface area (Å²) >= 11 is 6.12. The molecule has 27 heavy (non-hydrogen) atoms. The molecule has 2 atom stereocenters. The van der Waals surface area contributed by atoms with E-state index in [1.54, 1.807) is 16.8 Å². The van der Waals surface area contributed by atoms with Crippen LogP contribution in [0.3, 0.4) is 0 Å². The first-order valence-electron chi connectivity index (χ1n) is 8.96. The Morgan fingerprint density at radius 2 is 2.00 bits per heavy atom. The average molecular weight is 392 g/mol. The summed E-state index contributed by atoms with van der Waals surface area (Å²) in [5.41, 5.74) is 0.612. The molecule has 1 aromatic heterocycles. The third kappa shape index (κ3) is 3.43. The third-order valence-corrected chi connectivity index (χ3v) is 5.81. The molecule has 2 aromatic rings. The monoisotopic (exact) mass is 391 g/mol. The molecule has 142 valence electrons. The molecule has 0 spiro atoms. The van der Waals surface area contributed by atoms with Gasteiger partial charge in [-0.2, -0.15) is 5.10 Å². The smallest absolute Gasteiger partial charge is 0.338 e. The van der Waals surface area contributed by atoms with Crippen molar-refractivity contribution in [1.29, 1.82) is 0 Å². The lowest BCUT2D eigenvalue weighted by molar-refractivity contribution is -0.134. The quantitative estimate of drug-likeness (QED) is 0.867. The molecule has 8 heteroatoms. The van der Waals surface area contributed by atoms with E-state index in [2.05, 4.69) is 5.10 Å². The predicted molar refractivity (Wildman–Crippen MR) is 96.3 cm³/mol. The minimum absolute atomic E-state index is 0.0458. The molecule has 1 aliphatic heterocycles. The van der Waals surface area contributed by atoms with Crippen molar-refractivity contribution >= 4 is 23.5 Å². The van der Waals surface area contributed by atoms with E-state index < -0.39 is 5.97 Å². The van der Waals surface area contributed by atoms with Crippen LogP contribution in [0.25, 0.3) is 0 Å². The Morgan fingerprint density at radius 1 is 1.26 bits per heavy atom. The topological polar surface area (TPSA) is 75.4 Å². The highest BCUT2D eigenvalue weighted by atomic mass is 35.5. The highest BCUT2D eigenvalue weighted by molar-refractivity contribution is 6.31. The number of aromatic nitrogens is 2. The fourth-order valence-electron chi connectivity index (χ4n) is 3.89. The number of carboxylic acids is 1. The van der Waals surface area contributed by atoms with E-state index in [9.17, 15) is 14.0 Å². The van der Waals surface area contributed by atoms with Gasteiger partial charge in [-0.05, 0) is 31.4 Å². The Hall–Kier alpha value is -2.41. The summed E-state index contributed by atoms with van der Waals surface area (Å²) in [4.78, 5) is 25.6. The maximum atomic E-state index is 14.1. The second kappa shape index (κ2) is 6.96. The first kappa shape index (κ1) is 18.0. The number of carboxylic acid groups (broad SMARTS) is 1. The number of aromatic carboxylic acids is 1. The summed E-state index contributed by atoms with van der Waals surface area (Å²) in [5, 5.41) is 13.5. The van der Waals surface area contributed by atoms with E-state index in [1.165, 1.54) is 18.5 Å². The Labute approximate surface area is 160 Å². The number of carbonyl (C=O) groups is 2. The van der Waals surface area contributed by atoms with Crippen molar-refractivity contribution in [2.45, 2.75) is 31.2 Å². The molecule has 1 N–H and O–H groups in total. The van der Waals surface area contributed by atoms with Gasteiger partial charge in [0.05, 0.1) is 17.8 Å². The molecule has 2 heterocycles. The van der Waals surface area contributed by atoms with Crippen LogP contribution in [0, 0.1) is 11.7 Å². The molecule has 1 saturated heterocycles. The third-order valence-electron chi connectivity index (χ3n) is 5.48. The molecule has 4 rings (SSSR count). The van der Waals surface area contributed by atoms with Crippen LogP contribution in [0.5, 0.6) is 0 Å². The number of hydrogen-bond acceptors (Lipinski definition) is 3. The number of rotatable bonds is 4. The molecule has 1 saturated carbocycles. The molecule has 1 aliphatic carbocycles. The zero-order chi connectivity index (χ0) is 19.1. The minimum Gasteiger partial charge on any atom is -0.478 e. The van der Waals surface area contributed by atoms with Crippen molar-refractivity contribution in [3.05, 3.63) is 52.6 Å². The number of amides is 1. The van der Waals surface area contributed by atoms with Crippen LogP contribution in [0.1, 0.15) is 47.1 Å². The molecule has 2 fully saturated rings. The van der Waals surface area contributed by atoms with Gasteiger partial charge in [-0.3, -0.25) is 9.48 Å². The van der Waals surface area contributed by atoms with Crippen LogP contribution in [-0.2, 0) is 4.79 Å². The second-order valence-corrected chi connectivity index (χ2v) is 7.56. The number of benzene rings is 1. The van der Waals surface area contributed by atoms with Crippen LogP contribution >= 0.6 is 11.6 Å². The Kier molecular flexibility index (Phi) is 4.63. The van der Waals surface area contributed by atoms with Crippen LogP contribution < -0.4 is 0 Å². The van der Waals surface area contributed by atoms with Gasteiger partial charge >= 0.3 is 5.97 Å². The summed E-state index contributed by atoms with van der Waals surface area (Å²) < 4.78 is 15.7. The molecular weight excluding hydrogens is 373 g/mol. The number of halogens is 2. The van der Waals surface area contributed by atoms with Gasteiger partial charge in [0, 0.05) is 41.7 Å². The highest BCUT2D eigenvalue weighted by Gasteiger charge is 2.48. The van der Waals surface area contributed by atoms with Crippen molar-refractivity contribution in [3.63, 3.8) is 0 Å². The summed E-state index contributed by atoms with van der Waals surface area (Å²) in [6.07, 6.45) is 4.92. The molecule has 1 amide bonds. The summed E-state index contributed by atoms with van der Waals surface area (Å²) in [6.45, 7) is 1.17. The molecule has 0 bridgehead atoms. The lowest BCUT2D eigenvalue weighted by Crippen LogP contribution is -2.40. The van der Waals surface area contributed by atoms with Crippen molar-refractivity contribution < 1.29 is 19.1 Å². The summed E-state index contributed by atoms with van der Waals surface area (Å²) in [7, 11) is 0. The van der Waals surface area contributed by atoms with Crippen molar-refractivity contribution in [1.82, 2.24) is 14.7 Å². The van der Waals surface area contributed by atoms with Crippen LogP contribution in [-0.4, -0.2) is 44.8 Å². The van der Waals surface area contributed by atoms with Gasteiger partial charge in [0.15, 0.2) is 0 Å². The minimum atomic E-state index is -1.000.